The van der Waals surface area contributed by atoms with Crippen molar-refractivity contribution in [1.82, 2.24) is 4.90 Å². The molecule has 2 aromatic rings. The van der Waals surface area contributed by atoms with Crippen molar-refractivity contribution in [3.63, 3.8) is 0 Å². The normalized spacial score (nSPS) is 28.7. The van der Waals surface area contributed by atoms with Gasteiger partial charge >= 0.3 is 0 Å². The van der Waals surface area contributed by atoms with Gasteiger partial charge in [0.15, 0.2) is 0 Å². The van der Waals surface area contributed by atoms with E-state index in [9.17, 15) is 4.79 Å². The summed E-state index contributed by atoms with van der Waals surface area (Å²) in [7, 11) is 0. The van der Waals surface area contributed by atoms with Gasteiger partial charge in [-0.2, -0.15) is 0 Å². The van der Waals surface area contributed by atoms with Crippen molar-refractivity contribution >= 4 is 63.2 Å². The molecule has 2 nitrogen and oxygen atoms in total. The molecule has 27 heavy (non-hydrogen) atoms. The molecule has 2 saturated carbocycles. The van der Waals surface area contributed by atoms with E-state index < -0.39 is 0 Å². The summed E-state index contributed by atoms with van der Waals surface area (Å²) >= 11 is 14.7. The minimum atomic E-state index is 0.101. The number of halogens is 1. The second-order valence-electron chi connectivity index (χ2n) is 7.50. The Kier molecular flexibility index (Phi) is 4.67. The number of hydrogen-bond acceptors (Lipinski definition) is 4. The summed E-state index contributed by atoms with van der Waals surface area (Å²) in [5.74, 6) is 1.55. The highest BCUT2D eigenvalue weighted by molar-refractivity contribution is 8.26. The molecule has 1 aromatic heterocycles. The van der Waals surface area contributed by atoms with Crippen LogP contribution in [0.25, 0.3) is 16.5 Å². The minimum Gasteiger partial charge on any atom is -0.289 e. The van der Waals surface area contributed by atoms with Crippen LogP contribution in [-0.4, -0.2) is 21.2 Å². The third-order valence-corrected chi connectivity index (χ3v) is 8.55. The number of thiophene rings is 1. The van der Waals surface area contributed by atoms with Crippen LogP contribution in [0.5, 0.6) is 0 Å². The largest absolute Gasteiger partial charge is 0.289 e. The molecule has 138 valence electrons. The van der Waals surface area contributed by atoms with Crippen LogP contribution in [0.4, 0.5) is 0 Å². The van der Waals surface area contributed by atoms with Gasteiger partial charge in [-0.05, 0) is 67.0 Å². The van der Waals surface area contributed by atoms with Gasteiger partial charge in [0, 0.05) is 20.8 Å². The molecule has 1 saturated heterocycles. The summed E-state index contributed by atoms with van der Waals surface area (Å²) in [5, 5.41) is 0.736. The zero-order valence-corrected chi connectivity index (χ0v) is 17.8. The number of thiocarbonyl (C=S) groups is 1. The number of amides is 1. The lowest BCUT2D eigenvalue weighted by Crippen LogP contribution is -2.41. The van der Waals surface area contributed by atoms with E-state index in [1.807, 2.05) is 35.2 Å². The number of nitrogens with zero attached hydrogens (tertiary/aromatic N) is 1. The second-order valence-corrected chi connectivity index (χ2v) is 10.7. The van der Waals surface area contributed by atoms with E-state index >= 15 is 0 Å². The summed E-state index contributed by atoms with van der Waals surface area (Å²) in [5.41, 5.74) is 1.14. The van der Waals surface area contributed by atoms with Crippen molar-refractivity contribution in [1.29, 1.82) is 0 Å². The van der Waals surface area contributed by atoms with E-state index in [1.165, 1.54) is 35.9 Å². The summed E-state index contributed by atoms with van der Waals surface area (Å²) in [4.78, 5) is 18.0. The zero-order chi connectivity index (χ0) is 18.5. The molecule has 3 unspecified atom stereocenters. The maximum absolute atomic E-state index is 13.0. The van der Waals surface area contributed by atoms with Crippen molar-refractivity contribution in [2.45, 2.75) is 31.7 Å². The number of thioether (sulfide) groups is 1. The number of carbonyl (C=O) groups excluding carboxylic acids is 1. The van der Waals surface area contributed by atoms with Crippen LogP contribution in [0.15, 0.2) is 41.3 Å². The number of benzene rings is 1. The van der Waals surface area contributed by atoms with Gasteiger partial charge in [-0.25, -0.2) is 0 Å². The van der Waals surface area contributed by atoms with Crippen molar-refractivity contribution in [3.8, 4) is 10.4 Å². The van der Waals surface area contributed by atoms with Gasteiger partial charge in [0.25, 0.3) is 5.91 Å². The van der Waals surface area contributed by atoms with Crippen LogP contribution < -0.4 is 0 Å². The van der Waals surface area contributed by atoms with E-state index in [-0.39, 0.29) is 5.91 Å². The Balaban J connectivity index is 1.37. The standard InChI is InChI=1S/C21H18ClNOS3/c22-15-5-3-13(4-6-15)18-8-7-16(26-18)11-19-20(24)23(21(25)27-19)17-10-12-1-2-14(17)9-12/h3-8,11-12,14,17H,1-2,9-10H2/b19-11-. The highest BCUT2D eigenvalue weighted by atomic mass is 35.5. The Hall–Kier alpha value is -1.14. The molecule has 5 rings (SSSR count). The first-order valence-corrected chi connectivity index (χ1v) is 11.6. The van der Waals surface area contributed by atoms with E-state index in [1.54, 1.807) is 11.3 Å². The van der Waals surface area contributed by atoms with Gasteiger partial charge in [0.1, 0.15) is 4.32 Å². The third-order valence-electron chi connectivity index (χ3n) is 5.88. The molecule has 1 aromatic carbocycles. The van der Waals surface area contributed by atoms with E-state index in [4.69, 9.17) is 23.8 Å². The average molecular weight is 432 g/mol. The molecule has 0 N–H and O–H groups in total. The molecule has 0 radical (unpaired) electrons. The van der Waals surface area contributed by atoms with Gasteiger partial charge in [-0.15, -0.1) is 11.3 Å². The van der Waals surface area contributed by atoms with Crippen molar-refractivity contribution in [2.75, 3.05) is 0 Å². The molecular weight excluding hydrogens is 414 g/mol. The van der Waals surface area contributed by atoms with Crippen molar-refractivity contribution in [3.05, 3.63) is 51.2 Å². The highest BCUT2D eigenvalue weighted by Gasteiger charge is 2.47. The van der Waals surface area contributed by atoms with Crippen LogP contribution in [0.3, 0.4) is 0 Å². The van der Waals surface area contributed by atoms with E-state index in [2.05, 4.69) is 12.1 Å². The lowest BCUT2D eigenvalue weighted by Gasteiger charge is -2.30. The fourth-order valence-corrected chi connectivity index (χ4v) is 7.14. The zero-order valence-electron chi connectivity index (χ0n) is 14.6. The number of hydrogen-bond donors (Lipinski definition) is 0. The topological polar surface area (TPSA) is 20.3 Å². The van der Waals surface area contributed by atoms with Crippen molar-refractivity contribution < 1.29 is 4.79 Å². The quantitative estimate of drug-likeness (QED) is 0.411. The smallest absolute Gasteiger partial charge is 0.266 e. The molecule has 1 amide bonds. The maximum Gasteiger partial charge on any atom is 0.266 e. The summed E-state index contributed by atoms with van der Waals surface area (Å²) in [6, 6.07) is 12.3. The molecule has 0 spiro atoms. The lowest BCUT2D eigenvalue weighted by atomic mass is 9.94. The predicted octanol–water partition coefficient (Wildman–Crippen LogP) is 6.46. The van der Waals surface area contributed by atoms with Crippen LogP contribution in [0.2, 0.25) is 5.02 Å². The van der Waals surface area contributed by atoms with Crippen LogP contribution >= 0.6 is 46.9 Å². The summed E-state index contributed by atoms with van der Waals surface area (Å²) < 4.78 is 0.735. The molecule has 3 fully saturated rings. The molecule has 6 heteroatoms. The Bertz CT molecular complexity index is 949. The summed E-state index contributed by atoms with van der Waals surface area (Å²) in [6.07, 6.45) is 6.98. The van der Waals surface area contributed by atoms with Crippen LogP contribution in [-0.2, 0) is 4.79 Å². The average Bonchev–Trinajstić information content (AvgIpc) is 3.42. The fraction of sp³-hybridized carbons (Fsp3) is 0.333. The maximum atomic E-state index is 13.0. The molecular formula is C21H18ClNOS3. The van der Waals surface area contributed by atoms with Gasteiger partial charge in [0.2, 0.25) is 0 Å². The van der Waals surface area contributed by atoms with Gasteiger partial charge in [-0.3, -0.25) is 9.69 Å². The first-order valence-electron chi connectivity index (χ1n) is 9.21. The Morgan fingerprint density at radius 2 is 1.93 bits per heavy atom. The van der Waals surface area contributed by atoms with Gasteiger partial charge in [0.05, 0.1) is 4.91 Å². The van der Waals surface area contributed by atoms with Crippen LogP contribution in [0, 0.1) is 11.8 Å². The summed E-state index contributed by atoms with van der Waals surface area (Å²) in [6.45, 7) is 0. The molecule has 2 heterocycles. The van der Waals surface area contributed by atoms with E-state index in [0.29, 0.717) is 12.0 Å². The molecule has 1 aliphatic heterocycles. The first-order chi connectivity index (χ1) is 13.1. The predicted molar refractivity (Wildman–Crippen MR) is 119 cm³/mol. The second kappa shape index (κ2) is 7.03. The Labute approximate surface area is 177 Å². The first kappa shape index (κ1) is 17.9. The third kappa shape index (κ3) is 3.29. The monoisotopic (exact) mass is 431 g/mol. The fourth-order valence-electron chi connectivity index (χ4n) is 4.62. The van der Waals surface area contributed by atoms with Crippen molar-refractivity contribution in [2.24, 2.45) is 11.8 Å². The van der Waals surface area contributed by atoms with Crippen LogP contribution in [0.1, 0.15) is 30.6 Å². The van der Waals surface area contributed by atoms with Gasteiger partial charge < -0.3 is 0 Å². The van der Waals surface area contributed by atoms with E-state index in [0.717, 1.165) is 37.0 Å². The minimum absolute atomic E-state index is 0.101. The molecule has 3 aliphatic rings. The number of carbonyl (C=O) groups is 1. The number of rotatable bonds is 3. The highest BCUT2D eigenvalue weighted by Crippen LogP contribution is 2.49. The lowest BCUT2D eigenvalue weighted by molar-refractivity contribution is -0.124. The SMILES string of the molecule is O=C1/C(=C/c2ccc(-c3ccc(Cl)cc3)s2)SC(=S)N1C1CC2CCC1C2. The molecule has 2 aliphatic carbocycles. The molecule has 2 bridgehead atoms. The van der Waals surface area contributed by atoms with Gasteiger partial charge in [-0.1, -0.05) is 54.1 Å². The Morgan fingerprint density at radius 1 is 1.11 bits per heavy atom. The Morgan fingerprint density at radius 3 is 2.63 bits per heavy atom. The molecule has 3 atom stereocenters. The number of fused-ring (bicyclic) bond motifs is 2.